The first-order chi connectivity index (χ1) is 10.1. The Morgan fingerprint density at radius 2 is 2.10 bits per heavy atom. The van der Waals surface area contributed by atoms with E-state index in [0.29, 0.717) is 23.3 Å². The van der Waals surface area contributed by atoms with Gasteiger partial charge in [-0.05, 0) is 37.3 Å². The van der Waals surface area contributed by atoms with Gasteiger partial charge < -0.3 is 10.2 Å². The normalized spacial score (nSPS) is 21.1. The monoisotopic (exact) mass is 287 g/mol. The highest BCUT2D eigenvalue weighted by Crippen LogP contribution is 2.41. The van der Waals surface area contributed by atoms with Crippen LogP contribution in [0.1, 0.15) is 43.5 Å². The van der Waals surface area contributed by atoms with Crippen LogP contribution in [0.15, 0.2) is 18.3 Å². The molecule has 0 spiro atoms. The van der Waals surface area contributed by atoms with Crippen LogP contribution in [0.25, 0.3) is 0 Å². The van der Waals surface area contributed by atoms with Gasteiger partial charge >= 0.3 is 0 Å². The van der Waals surface area contributed by atoms with Crippen LogP contribution in [0.4, 0.5) is 5.82 Å². The lowest BCUT2D eigenvalue weighted by Crippen LogP contribution is -2.52. The zero-order chi connectivity index (χ0) is 15.0. The predicted octanol–water partition coefficient (Wildman–Crippen LogP) is 2.30. The van der Waals surface area contributed by atoms with Crippen LogP contribution in [0.3, 0.4) is 0 Å². The van der Waals surface area contributed by atoms with Crippen LogP contribution in [0.2, 0.25) is 0 Å². The third-order valence-electron chi connectivity index (χ3n) is 4.28. The highest BCUT2D eigenvalue weighted by atomic mass is 16.2. The minimum Gasteiger partial charge on any atom is -0.335 e. The molecule has 112 valence electrons. The maximum absolute atomic E-state index is 12.5. The highest BCUT2D eigenvalue weighted by Gasteiger charge is 2.42. The molecule has 1 aromatic heterocycles. The molecular formula is C16H21N3O2. The molecule has 1 unspecified atom stereocenters. The van der Waals surface area contributed by atoms with Crippen LogP contribution in [-0.2, 0) is 4.79 Å². The van der Waals surface area contributed by atoms with E-state index in [2.05, 4.69) is 10.3 Å². The molecule has 3 rings (SSSR count). The number of pyridine rings is 1. The number of hydrogen-bond donors (Lipinski definition) is 1. The fourth-order valence-electron chi connectivity index (χ4n) is 2.70. The fraction of sp³-hybridized carbons (Fsp3) is 0.562. The van der Waals surface area contributed by atoms with Crippen molar-refractivity contribution in [2.45, 2.75) is 39.2 Å². The first-order valence-electron chi connectivity index (χ1n) is 7.64. The van der Waals surface area contributed by atoms with Gasteiger partial charge in [-0.15, -0.1) is 0 Å². The van der Waals surface area contributed by atoms with Crippen LogP contribution in [0.5, 0.6) is 0 Å². The molecule has 2 heterocycles. The molecule has 2 fully saturated rings. The summed E-state index contributed by atoms with van der Waals surface area (Å²) in [6.07, 6.45) is 5.20. The minimum absolute atomic E-state index is 0.0561. The first-order valence-corrected chi connectivity index (χ1v) is 7.64. The summed E-state index contributed by atoms with van der Waals surface area (Å²) in [5.74, 6) is 1.01. The van der Waals surface area contributed by atoms with Gasteiger partial charge in [0.05, 0.1) is 0 Å². The lowest BCUT2D eigenvalue weighted by molar-refractivity contribution is -0.118. The Morgan fingerprint density at radius 3 is 2.67 bits per heavy atom. The van der Waals surface area contributed by atoms with Gasteiger partial charge in [0, 0.05) is 30.3 Å². The molecule has 0 aromatic carbocycles. The number of likely N-dealkylation sites (tertiary alicyclic amines) is 1. The second-order valence-electron chi connectivity index (χ2n) is 6.27. The topological polar surface area (TPSA) is 62.3 Å². The van der Waals surface area contributed by atoms with Crippen LogP contribution >= 0.6 is 0 Å². The van der Waals surface area contributed by atoms with Gasteiger partial charge in [-0.3, -0.25) is 9.59 Å². The van der Waals surface area contributed by atoms with Gasteiger partial charge in [0.25, 0.3) is 5.91 Å². The van der Waals surface area contributed by atoms with Gasteiger partial charge in [-0.25, -0.2) is 4.98 Å². The lowest BCUT2D eigenvalue weighted by atomic mass is 9.97. The number of anilines is 1. The van der Waals surface area contributed by atoms with E-state index in [0.717, 1.165) is 13.0 Å². The van der Waals surface area contributed by atoms with Crippen LogP contribution in [-0.4, -0.2) is 34.3 Å². The third-order valence-corrected chi connectivity index (χ3v) is 4.28. The van der Waals surface area contributed by atoms with E-state index in [4.69, 9.17) is 0 Å². The van der Waals surface area contributed by atoms with Gasteiger partial charge in [0.2, 0.25) is 5.91 Å². The van der Waals surface area contributed by atoms with Crippen molar-refractivity contribution < 1.29 is 9.59 Å². The molecule has 1 aliphatic carbocycles. The quantitative estimate of drug-likeness (QED) is 0.924. The molecule has 5 heteroatoms. The predicted molar refractivity (Wildman–Crippen MR) is 79.9 cm³/mol. The molecule has 2 aliphatic rings. The zero-order valence-corrected chi connectivity index (χ0v) is 12.5. The number of amides is 2. The van der Waals surface area contributed by atoms with Crippen molar-refractivity contribution in [3.05, 3.63) is 23.9 Å². The Labute approximate surface area is 124 Å². The second-order valence-corrected chi connectivity index (χ2v) is 6.27. The molecule has 1 atom stereocenters. The summed E-state index contributed by atoms with van der Waals surface area (Å²) < 4.78 is 0. The summed E-state index contributed by atoms with van der Waals surface area (Å²) in [5.41, 5.74) is 0.606. The molecule has 1 aliphatic heterocycles. The second kappa shape index (κ2) is 5.47. The third kappa shape index (κ3) is 2.91. The smallest absolute Gasteiger partial charge is 0.254 e. The number of rotatable bonds is 4. The number of aromatic nitrogens is 1. The van der Waals surface area contributed by atoms with Crippen molar-refractivity contribution in [3.8, 4) is 0 Å². The number of nitrogens with zero attached hydrogens (tertiary/aromatic N) is 2. The molecule has 5 nitrogen and oxygen atoms in total. The molecule has 1 N–H and O–H groups in total. The standard InChI is InChI=1S/C16H21N3O2/c1-10(2)15(20)18-14-9-12(5-7-17-14)16(21)19-8-6-13(19)11-3-4-11/h5,7,9-11,13H,3-4,6,8H2,1-2H3,(H,17,18,20). The van der Waals surface area contributed by atoms with Crippen molar-refractivity contribution >= 4 is 17.6 Å². The van der Waals surface area contributed by atoms with E-state index in [9.17, 15) is 9.59 Å². The Balaban J connectivity index is 1.70. The molecule has 1 saturated heterocycles. The molecule has 1 aromatic rings. The van der Waals surface area contributed by atoms with Crippen molar-refractivity contribution in [1.29, 1.82) is 0 Å². The maximum Gasteiger partial charge on any atom is 0.254 e. The molecule has 21 heavy (non-hydrogen) atoms. The van der Waals surface area contributed by atoms with Crippen molar-refractivity contribution in [3.63, 3.8) is 0 Å². The van der Waals surface area contributed by atoms with Crippen LogP contribution in [0, 0.1) is 11.8 Å². The average Bonchev–Trinajstić information content (AvgIpc) is 3.22. The van der Waals surface area contributed by atoms with Crippen molar-refractivity contribution in [1.82, 2.24) is 9.88 Å². The highest BCUT2D eigenvalue weighted by molar-refractivity contribution is 5.97. The Morgan fingerprint density at radius 1 is 1.33 bits per heavy atom. The van der Waals surface area contributed by atoms with E-state index in [1.54, 1.807) is 18.3 Å². The Bertz CT molecular complexity index is 566. The fourth-order valence-corrected chi connectivity index (χ4v) is 2.70. The maximum atomic E-state index is 12.5. The van der Waals surface area contributed by atoms with E-state index < -0.39 is 0 Å². The summed E-state index contributed by atoms with van der Waals surface area (Å²) in [5, 5.41) is 2.74. The van der Waals surface area contributed by atoms with Crippen molar-refractivity contribution in [2.24, 2.45) is 11.8 Å². The van der Waals surface area contributed by atoms with E-state index in [-0.39, 0.29) is 17.7 Å². The van der Waals surface area contributed by atoms with E-state index >= 15 is 0 Å². The average molecular weight is 287 g/mol. The SMILES string of the molecule is CC(C)C(=O)Nc1cc(C(=O)N2CCC2C2CC2)ccn1. The van der Waals surface area contributed by atoms with E-state index in [1.165, 1.54) is 12.8 Å². The largest absolute Gasteiger partial charge is 0.335 e. The lowest BCUT2D eigenvalue weighted by Gasteiger charge is -2.41. The molecule has 1 saturated carbocycles. The molecule has 2 amide bonds. The summed E-state index contributed by atoms with van der Waals surface area (Å²) in [4.78, 5) is 30.3. The number of carbonyl (C=O) groups excluding carboxylic acids is 2. The summed E-state index contributed by atoms with van der Waals surface area (Å²) in [6, 6.07) is 3.82. The van der Waals surface area contributed by atoms with Crippen LogP contribution < -0.4 is 5.32 Å². The van der Waals surface area contributed by atoms with Gasteiger partial charge in [-0.1, -0.05) is 13.8 Å². The zero-order valence-electron chi connectivity index (χ0n) is 12.5. The number of carbonyl (C=O) groups is 2. The van der Waals surface area contributed by atoms with Gasteiger partial charge in [0.15, 0.2) is 0 Å². The Kier molecular flexibility index (Phi) is 3.66. The van der Waals surface area contributed by atoms with E-state index in [1.807, 2.05) is 18.7 Å². The molecular weight excluding hydrogens is 266 g/mol. The van der Waals surface area contributed by atoms with Gasteiger partial charge in [0.1, 0.15) is 5.82 Å². The van der Waals surface area contributed by atoms with Crippen molar-refractivity contribution in [2.75, 3.05) is 11.9 Å². The number of nitrogens with one attached hydrogen (secondary N) is 1. The molecule has 0 radical (unpaired) electrons. The minimum atomic E-state index is -0.110. The molecule has 0 bridgehead atoms. The first kappa shape index (κ1) is 14.0. The summed E-state index contributed by atoms with van der Waals surface area (Å²) >= 11 is 0. The Hall–Kier alpha value is -1.91. The van der Waals surface area contributed by atoms with Gasteiger partial charge in [-0.2, -0.15) is 0 Å². The number of hydrogen-bond acceptors (Lipinski definition) is 3. The summed E-state index contributed by atoms with van der Waals surface area (Å²) in [6.45, 7) is 4.49. The summed E-state index contributed by atoms with van der Waals surface area (Å²) in [7, 11) is 0.